The minimum Gasteiger partial charge on any atom is -0.0806 e. The zero-order chi connectivity index (χ0) is 5.11. The Kier molecular flexibility index (Phi) is 3.19. The molecule has 1 rings (SSSR count). The van der Waals surface area contributed by atoms with E-state index in [-0.39, 0.29) is 0 Å². The van der Waals surface area contributed by atoms with Crippen LogP contribution < -0.4 is 0 Å². The molecule has 0 radical (unpaired) electrons. The van der Waals surface area contributed by atoms with E-state index in [0.717, 1.165) is 5.25 Å². The Morgan fingerprint density at radius 3 is 2.57 bits per heavy atom. The van der Waals surface area contributed by atoms with Gasteiger partial charge in [-0.3, -0.25) is 0 Å². The molecule has 0 N–H and O–H groups in total. The molecular weight excluding hydrogens is 164 g/mol. The molecule has 0 aliphatic carbocycles. The summed E-state index contributed by atoms with van der Waals surface area (Å²) in [4.78, 5) is 0. The Labute approximate surface area is 59.2 Å². The average Bonchev–Trinajstić information content (AvgIpc) is 1.69. The maximum atomic E-state index is 2.27. The smallest absolute Gasteiger partial charge is 0.0230 e. The van der Waals surface area contributed by atoms with E-state index in [0.29, 0.717) is 0 Å². The van der Waals surface area contributed by atoms with Gasteiger partial charge in [0.2, 0.25) is 0 Å². The van der Waals surface area contributed by atoms with Crippen LogP contribution in [-0.2, 0) is 0 Å². The van der Waals surface area contributed by atoms with Crippen molar-refractivity contribution >= 4 is 41.2 Å². The van der Waals surface area contributed by atoms with Gasteiger partial charge in [0.25, 0.3) is 0 Å². The highest BCUT2D eigenvalue weighted by atomic mass is 33.7. The van der Waals surface area contributed by atoms with Crippen molar-refractivity contribution < 1.29 is 0 Å². The monoisotopic (exact) mass is 170 g/mol. The molecule has 1 fully saturated rings. The van der Waals surface area contributed by atoms with Gasteiger partial charge in [-0.2, -0.15) is 0 Å². The lowest BCUT2D eigenvalue weighted by Gasteiger charge is -2.12. The lowest BCUT2D eigenvalue weighted by Crippen LogP contribution is -1.97. The Morgan fingerprint density at radius 1 is 1.43 bits per heavy atom. The molecule has 0 amide bonds. The fourth-order valence-corrected chi connectivity index (χ4v) is 7.56. The minimum absolute atomic E-state index is 0.858. The van der Waals surface area contributed by atoms with Crippen LogP contribution in [0.1, 0.15) is 6.92 Å². The largest absolute Gasteiger partial charge is 0.0806 e. The van der Waals surface area contributed by atoms with Crippen LogP contribution in [0.5, 0.6) is 0 Å². The molecule has 1 heterocycles. The van der Waals surface area contributed by atoms with E-state index in [9.17, 15) is 0 Å². The number of hydrogen-bond acceptors (Lipinski definition) is 4. The van der Waals surface area contributed by atoms with Gasteiger partial charge in [0.05, 0.1) is 0 Å². The van der Waals surface area contributed by atoms with Gasteiger partial charge >= 0.3 is 0 Å². The summed E-state index contributed by atoms with van der Waals surface area (Å²) in [6.07, 6.45) is 0. The minimum atomic E-state index is 0.858. The summed E-state index contributed by atoms with van der Waals surface area (Å²) in [5, 5.41) is 0.858. The zero-order valence-corrected chi connectivity index (χ0v) is 7.18. The first kappa shape index (κ1) is 6.52. The molecule has 0 aromatic rings. The van der Waals surface area contributed by atoms with E-state index in [4.69, 9.17) is 0 Å². The van der Waals surface area contributed by atoms with Crippen LogP contribution in [-0.4, -0.2) is 11.0 Å². The summed E-state index contributed by atoms with van der Waals surface area (Å²) < 4.78 is 0. The standard InChI is InChI=1S/C3H6S4/c1-3-2-4-6-7-5-3/h3H,2H2,1H3. The van der Waals surface area contributed by atoms with Crippen LogP contribution in [0, 0.1) is 0 Å². The van der Waals surface area contributed by atoms with Crippen molar-refractivity contribution in [3.63, 3.8) is 0 Å². The summed E-state index contributed by atoms with van der Waals surface area (Å²) in [6.45, 7) is 2.27. The SMILES string of the molecule is CC1CSSSS1. The van der Waals surface area contributed by atoms with Crippen LogP contribution in [0.4, 0.5) is 0 Å². The van der Waals surface area contributed by atoms with Gasteiger partial charge in [-0.1, -0.05) is 28.5 Å². The van der Waals surface area contributed by atoms with Gasteiger partial charge in [0.15, 0.2) is 0 Å². The quantitative estimate of drug-likeness (QED) is 0.512. The van der Waals surface area contributed by atoms with E-state index in [1.54, 1.807) is 0 Å². The third-order valence-corrected chi connectivity index (χ3v) is 7.81. The molecule has 0 nitrogen and oxygen atoms in total. The summed E-state index contributed by atoms with van der Waals surface area (Å²) in [6, 6.07) is 0. The van der Waals surface area contributed by atoms with Gasteiger partial charge in [-0.05, 0) is 19.7 Å². The lowest BCUT2D eigenvalue weighted by atomic mass is 10.6. The topological polar surface area (TPSA) is 0 Å². The molecular formula is C3H6S4. The summed E-state index contributed by atoms with van der Waals surface area (Å²) in [5.41, 5.74) is 0. The van der Waals surface area contributed by atoms with Crippen molar-refractivity contribution in [1.29, 1.82) is 0 Å². The molecule has 42 valence electrons. The van der Waals surface area contributed by atoms with Crippen molar-refractivity contribution in [3.05, 3.63) is 0 Å². The Bertz CT molecular complexity index is 48.9. The van der Waals surface area contributed by atoms with E-state index in [2.05, 4.69) is 6.92 Å². The van der Waals surface area contributed by atoms with E-state index in [1.165, 1.54) is 5.75 Å². The molecule has 1 saturated heterocycles. The molecule has 1 aliphatic heterocycles. The fourth-order valence-electron chi connectivity index (χ4n) is 0.254. The maximum Gasteiger partial charge on any atom is 0.0230 e. The highest BCUT2D eigenvalue weighted by Gasteiger charge is 2.08. The van der Waals surface area contributed by atoms with Crippen LogP contribution in [0.15, 0.2) is 0 Å². The number of rotatable bonds is 0. The van der Waals surface area contributed by atoms with Crippen LogP contribution in [0.25, 0.3) is 0 Å². The second-order valence-electron chi connectivity index (χ2n) is 1.33. The van der Waals surface area contributed by atoms with Crippen molar-refractivity contribution in [2.24, 2.45) is 0 Å². The molecule has 1 unspecified atom stereocenters. The third kappa shape index (κ3) is 2.44. The van der Waals surface area contributed by atoms with Gasteiger partial charge in [0.1, 0.15) is 0 Å². The molecule has 4 heteroatoms. The normalized spacial score (nSPS) is 33.0. The second kappa shape index (κ2) is 3.43. The Hall–Kier alpha value is 1.40. The number of hydrogen-bond donors (Lipinski definition) is 0. The molecule has 0 saturated carbocycles. The van der Waals surface area contributed by atoms with Crippen LogP contribution >= 0.6 is 41.2 Å². The van der Waals surface area contributed by atoms with Gasteiger partial charge < -0.3 is 0 Å². The molecule has 1 aliphatic rings. The Morgan fingerprint density at radius 2 is 2.29 bits per heavy atom. The zero-order valence-electron chi connectivity index (χ0n) is 3.92. The van der Waals surface area contributed by atoms with Crippen molar-refractivity contribution in [2.75, 3.05) is 5.75 Å². The summed E-state index contributed by atoms with van der Waals surface area (Å²) in [7, 11) is 7.73. The first-order valence-corrected chi connectivity index (χ1v) is 7.06. The average molecular weight is 170 g/mol. The first-order chi connectivity index (χ1) is 3.39. The van der Waals surface area contributed by atoms with Crippen LogP contribution in [0.3, 0.4) is 0 Å². The van der Waals surface area contributed by atoms with E-state index in [1.807, 2.05) is 41.2 Å². The molecule has 7 heavy (non-hydrogen) atoms. The predicted octanol–water partition coefficient (Wildman–Crippen LogP) is 3.07. The maximum absolute atomic E-state index is 2.27. The summed E-state index contributed by atoms with van der Waals surface area (Å²) in [5.74, 6) is 1.31. The van der Waals surface area contributed by atoms with E-state index >= 15 is 0 Å². The second-order valence-corrected chi connectivity index (χ2v) is 7.72. The van der Waals surface area contributed by atoms with Gasteiger partial charge in [-0.15, -0.1) is 0 Å². The third-order valence-electron chi connectivity index (χ3n) is 0.582. The predicted molar refractivity (Wildman–Crippen MR) is 44.7 cm³/mol. The molecule has 0 bridgehead atoms. The van der Waals surface area contributed by atoms with E-state index < -0.39 is 0 Å². The van der Waals surface area contributed by atoms with Crippen molar-refractivity contribution in [3.8, 4) is 0 Å². The highest BCUT2D eigenvalue weighted by Crippen LogP contribution is 2.50. The van der Waals surface area contributed by atoms with Crippen molar-refractivity contribution in [1.82, 2.24) is 0 Å². The molecule has 0 spiro atoms. The fraction of sp³-hybridized carbons (Fsp3) is 1.00. The van der Waals surface area contributed by atoms with Gasteiger partial charge in [-0.25, -0.2) is 0 Å². The van der Waals surface area contributed by atoms with Crippen LogP contribution in [0.2, 0.25) is 0 Å². The highest BCUT2D eigenvalue weighted by molar-refractivity contribution is 9.26. The molecule has 0 aromatic carbocycles. The molecule has 0 aromatic heterocycles. The van der Waals surface area contributed by atoms with Gasteiger partial charge in [0, 0.05) is 11.0 Å². The Balaban J connectivity index is 2.12. The van der Waals surface area contributed by atoms with Crippen molar-refractivity contribution in [2.45, 2.75) is 12.2 Å². The molecule has 1 atom stereocenters. The lowest BCUT2D eigenvalue weighted by molar-refractivity contribution is 1.15. The summed E-state index contributed by atoms with van der Waals surface area (Å²) >= 11 is 0. The first-order valence-electron chi connectivity index (χ1n) is 2.01.